The molecule has 38 heavy (non-hydrogen) atoms. The van der Waals surface area contributed by atoms with Gasteiger partial charge >= 0.3 is 0 Å². The highest BCUT2D eigenvalue weighted by molar-refractivity contribution is 6.20. The minimum absolute atomic E-state index is 0.0420. The molecular weight excluding hydrogens is 468 g/mol. The summed E-state index contributed by atoms with van der Waals surface area (Å²) >= 11 is 0. The molecule has 0 bridgehead atoms. The van der Waals surface area contributed by atoms with Crippen LogP contribution in [0.3, 0.4) is 0 Å². The number of fused-ring (bicyclic) bond motifs is 6. The van der Waals surface area contributed by atoms with Gasteiger partial charge in [0.1, 0.15) is 0 Å². The maximum absolute atomic E-state index is 12.3. The molecule has 5 aromatic carbocycles. The SMILES string of the molecule is CC(=O)c1ccc2c(c1)c1cc3c4cc(C(C)=O)ccc4n(-c4ccccc4)c3cc1n2-c1ccccc1. The van der Waals surface area contributed by atoms with Crippen molar-refractivity contribution < 1.29 is 9.59 Å². The Labute approximate surface area is 219 Å². The fourth-order valence-electron chi connectivity index (χ4n) is 5.68. The molecule has 2 aromatic heterocycles. The average molecular weight is 493 g/mol. The van der Waals surface area contributed by atoms with E-state index in [-0.39, 0.29) is 11.6 Å². The average Bonchev–Trinajstić information content (AvgIpc) is 3.43. The number of nitrogens with zero attached hydrogens (tertiary/aromatic N) is 2. The molecule has 0 aliphatic carbocycles. The first-order valence-electron chi connectivity index (χ1n) is 12.7. The van der Waals surface area contributed by atoms with Crippen LogP contribution in [0, 0.1) is 0 Å². The van der Waals surface area contributed by atoms with Gasteiger partial charge in [-0.1, -0.05) is 36.4 Å². The lowest BCUT2D eigenvalue weighted by atomic mass is 10.0. The van der Waals surface area contributed by atoms with Crippen molar-refractivity contribution in [3.05, 3.63) is 120 Å². The van der Waals surface area contributed by atoms with E-state index in [1.165, 1.54) is 0 Å². The molecule has 0 N–H and O–H groups in total. The van der Waals surface area contributed by atoms with Crippen molar-refractivity contribution in [3.8, 4) is 11.4 Å². The molecule has 182 valence electrons. The first-order valence-corrected chi connectivity index (χ1v) is 12.7. The Kier molecular flexibility index (Phi) is 4.85. The summed E-state index contributed by atoms with van der Waals surface area (Å²) in [5, 5.41) is 4.20. The molecule has 0 saturated heterocycles. The van der Waals surface area contributed by atoms with E-state index < -0.39 is 0 Å². The normalized spacial score (nSPS) is 11.6. The molecule has 7 rings (SSSR count). The molecule has 0 atom stereocenters. The van der Waals surface area contributed by atoms with Crippen LogP contribution in [0.2, 0.25) is 0 Å². The largest absolute Gasteiger partial charge is 0.309 e. The molecule has 7 aromatic rings. The lowest BCUT2D eigenvalue weighted by Crippen LogP contribution is -1.96. The molecule has 0 unspecified atom stereocenters. The van der Waals surface area contributed by atoms with Crippen molar-refractivity contribution in [2.75, 3.05) is 0 Å². The molecular formula is C34H24N2O2. The Balaban J connectivity index is 1.70. The van der Waals surface area contributed by atoms with Crippen LogP contribution in [0.5, 0.6) is 0 Å². The summed E-state index contributed by atoms with van der Waals surface area (Å²) in [4.78, 5) is 24.6. The van der Waals surface area contributed by atoms with Crippen molar-refractivity contribution in [1.82, 2.24) is 9.13 Å². The summed E-state index contributed by atoms with van der Waals surface area (Å²) in [7, 11) is 0. The molecule has 0 amide bonds. The van der Waals surface area contributed by atoms with E-state index in [4.69, 9.17) is 0 Å². The monoisotopic (exact) mass is 492 g/mol. The molecule has 4 nitrogen and oxygen atoms in total. The third-order valence-corrected chi connectivity index (χ3v) is 7.49. The Morgan fingerprint density at radius 1 is 0.447 bits per heavy atom. The number of carbonyl (C=O) groups excluding carboxylic acids is 2. The highest BCUT2D eigenvalue weighted by atomic mass is 16.1. The Morgan fingerprint density at radius 3 is 1.24 bits per heavy atom. The summed E-state index contributed by atoms with van der Waals surface area (Å²) in [6.07, 6.45) is 0. The van der Waals surface area contributed by atoms with E-state index in [0.717, 1.165) is 55.0 Å². The van der Waals surface area contributed by atoms with Gasteiger partial charge in [0.25, 0.3) is 0 Å². The zero-order valence-electron chi connectivity index (χ0n) is 21.1. The van der Waals surface area contributed by atoms with Crippen LogP contribution in [-0.4, -0.2) is 20.7 Å². The molecule has 2 heterocycles. The van der Waals surface area contributed by atoms with Crippen LogP contribution in [0.1, 0.15) is 34.6 Å². The highest BCUT2D eigenvalue weighted by Gasteiger charge is 2.19. The van der Waals surface area contributed by atoms with E-state index in [0.29, 0.717) is 11.1 Å². The molecule has 0 fully saturated rings. The van der Waals surface area contributed by atoms with Gasteiger partial charge in [-0.3, -0.25) is 9.59 Å². The number of Topliss-reactive ketones (excluding diaryl/α,β-unsaturated/α-hetero) is 2. The van der Waals surface area contributed by atoms with Crippen LogP contribution in [0.4, 0.5) is 0 Å². The zero-order valence-corrected chi connectivity index (χ0v) is 21.1. The van der Waals surface area contributed by atoms with E-state index in [1.807, 2.05) is 72.8 Å². The van der Waals surface area contributed by atoms with Gasteiger partial charge in [0.15, 0.2) is 11.6 Å². The molecule has 4 heteroatoms. The Bertz CT molecular complexity index is 1920. The van der Waals surface area contributed by atoms with Gasteiger partial charge < -0.3 is 9.13 Å². The van der Waals surface area contributed by atoms with Gasteiger partial charge in [-0.25, -0.2) is 0 Å². The fourth-order valence-corrected chi connectivity index (χ4v) is 5.68. The molecule has 0 aliphatic heterocycles. The predicted molar refractivity (Wildman–Crippen MR) is 155 cm³/mol. The number of ketones is 2. The number of carbonyl (C=O) groups is 2. The van der Waals surface area contributed by atoms with Crippen LogP contribution in [0.15, 0.2) is 109 Å². The van der Waals surface area contributed by atoms with Crippen molar-refractivity contribution in [2.45, 2.75) is 13.8 Å². The second kappa shape index (κ2) is 8.29. The molecule has 0 saturated carbocycles. The topological polar surface area (TPSA) is 44.0 Å². The van der Waals surface area contributed by atoms with E-state index >= 15 is 0 Å². The Hall–Kier alpha value is -4.96. The minimum atomic E-state index is 0.0420. The second-order valence-electron chi connectivity index (χ2n) is 9.80. The van der Waals surface area contributed by atoms with Crippen molar-refractivity contribution in [1.29, 1.82) is 0 Å². The number of para-hydroxylation sites is 2. The number of benzene rings is 5. The standard InChI is InChI=1S/C34H24N2O2/c1-21(37)23-13-15-31-27(17-23)29-19-30-28-18-24(22(2)38)14-16-32(28)36(26-11-7-4-8-12-26)34(30)20-33(29)35(31)25-9-5-3-6-10-25/h3-20H,1-2H3. The third kappa shape index (κ3) is 3.24. The number of hydrogen-bond donors (Lipinski definition) is 0. The third-order valence-electron chi connectivity index (χ3n) is 7.49. The van der Waals surface area contributed by atoms with Gasteiger partial charge in [-0.05, 0) is 86.6 Å². The van der Waals surface area contributed by atoms with Gasteiger partial charge in [-0.2, -0.15) is 0 Å². The maximum atomic E-state index is 12.3. The van der Waals surface area contributed by atoms with Gasteiger partial charge in [0.2, 0.25) is 0 Å². The summed E-state index contributed by atoms with van der Waals surface area (Å²) < 4.78 is 4.53. The number of rotatable bonds is 4. The first kappa shape index (κ1) is 22.3. The van der Waals surface area contributed by atoms with Crippen molar-refractivity contribution >= 4 is 55.2 Å². The van der Waals surface area contributed by atoms with Gasteiger partial charge in [0.05, 0.1) is 22.1 Å². The van der Waals surface area contributed by atoms with E-state index in [2.05, 4.69) is 45.5 Å². The lowest BCUT2D eigenvalue weighted by molar-refractivity contribution is 0.100. The minimum Gasteiger partial charge on any atom is -0.309 e. The number of hydrogen-bond acceptors (Lipinski definition) is 2. The molecule has 0 aliphatic rings. The predicted octanol–water partition coefficient (Wildman–Crippen LogP) is 8.29. The molecule has 0 radical (unpaired) electrons. The van der Waals surface area contributed by atoms with E-state index in [9.17, 15) is 9.59 Å². The highest BCUT2D eigenvalue weighted by Crippen LogP contribution is 2.40. The zero-order chi connectivity index (χ0) is 26.0. The van der Waals surface area contributed by atoms with Crippen LogP contribution in [0.25, 0.3) is 55.0 Å². The van der Waals surface area contributed by atoms with Crippen molar-refractivity contribution in [2.24, 2.45) is 0 Å². The maximum Gasteiger partial charge on any atom is 0.159 e. The van der Waals surface area contributed by atoms with Gasteiger partial charge in [0, 0.05) is 44.0 Å². The van der Waals surface area contributed by atoms with Crippen LogP contribution < -0.4 is 0 Å². The van der Waals surface area contributed by atoms with Crippen LogP contribution >= 0.6 is 0 Å². The second-order valence-corrected chi connectivity index (χ2v) is 9.80. The molecule has 0 spiro atoms. The lowest BCUT2D eigenvalue weighted by Gasteiger charge is -2.10. The summed E-state index contributed by atoms with van der Waals surface area (Å²) in [5.41, 5.74) is 7.71. The van der Waals surface area contributed by atoms with Gasteiger partial charge in [-0.15, -0.1) is 0 Å². The summed E-state index contributed by atoms with van der Waals surface area (Å²) in [6.45, 7) is 3.21. The van der Waals surface area contributed by atoms with E-state index in [1.54, 1.807) is 13.8 Å². The smallest absolute Gasteiger partial charge is 0.159 e. The Morgan fingerprint density at radius 2 is 0.842 bits per heavy atom. The summed E-state index contributed by atoms with van der Waals surface area (Å²) in [5.74, 6) is 0.0840. The number of aromatic nitrogens is 2. The quantitative estimate of drug-likeness (QED) is 0.232. The van der Waals surface area contributed by atoms with Crippen LogP contribution in [-0.2, 0) is 0 Å². The fraction of sp³-hybridized carbons (Fsp3) is 0.0588. The summed E-state index contributed by atoms with van der Waals surface area (Å²) in [6, 6.07) is 37.0. The first-order chi connectivity index (χ1) is 18.5. The van der Waals surface area contributed by atoms with Crippen molar-refractivity contribution in [3.63, 3.8) is 0 Å².